The second-order valence-electron chi connectivity index (χ2n) is 10.6. The summed E-state index contributed by atoms with van der Waals surface area (Å²) in [6, 6.07) is 3.74. The van der Waals surface area contributed by atoms with Gasteiger partial charge in [0.15, 0.2) is 0 Å². The molecule has 1 aliphatic heterocycles. The van der Waals surface area contributed by atoms with Gasteiger partial charge in [-0.25, -0.2) is 12.8 Å². The Labute approximate surface area is 237 Å². The number of rotatable bonds is 7. The number of nitrogens with zero attached hydrogens (tertiary/aromatic N) is 1. The van der Waals surface area contributed by atoms with Crippen LogP contribution in [0.3, 0.4) is 0 Å². The van der Waals surface area contributed by atoms with Gasteiger partial charge < -0.3 is 15.5 Å². The minimum Gasteiger partial charge on any atom is -0.396 e. The first-order chi connectivity index (χ1) is 19.5. The molecule has 1 saturated carbocycles. The second-order valence-corrected chi connectivity index (χ2v) is 12.4. The van der Waals surface area contributed by atoms with Crippen LogP contribution in [-0.2, 0) is 26.8 Å². The van der Waals surface area contributed by atoms with E-state index in [4.69, 9.17) is 0 Å². The number of amides is 1. The van der Waals surface area contributed by atoms with Gasteiger partial charge >= 0.3 is 12.4 Å². The third kappa shape index (κ3) is 5.95. The summed E-state index contributed by atoms with van der Waals surface area (Å²) in [6.07, 6.45) is -10.1. The number of nitrogens with one attached hydrogen (secondary N) is 1. The van der Waals surface area contributed by atoms with Crippen LogP contribution in [-0.4, -0.2) is 55.6 Å². The van der Waals surface area contributed by atoms with Gasteiger partial charge in [-0.15, -0.1) is 0 Å². The zero-order valence-corrected chi connectivity index (χ0v) is 22.9. The fraction of sp³-hybridized carbons (Fsp3) is 0.519. The maximum Gasteiger partial charge on any atom is 0.430 e. The van der Waals surface area contributed by atoms with Crippen molar-refractivity contribution < 1.29 is 54.2 Å². The normalized spacial score (nSPS) is 22.0. The molecule has 3 N–H and O–H groups in total. The van der Waals surface area contributed by atoms with Gasteiger partial charge in [0.05, 0.1) is 16.6 Å². The van der Waals surface area contributed by atoms with E-state index in [1.54, 1.807) is 0 Å². The Hall–Kier alpha value is -2.91. The smallest absolute Gasteiger partial charge is 0.396 e. The molecule has 2 aromatic rings. The summed E-state index contributed by atoms with van der Waals surface area (Å²) in [5, 5.41) is 22.3. The van der Waals surface area contributed by atoms with Gasteiger partial charge in [0.1, 0.15) is 5.82 Å². The first-order valence-corrected chi connectivity index (χ1v) is 14.6. The lowest BCUT2D eigenvalue weighted by Crippen LogP contribution is -2.54. The summed E-state index contributed by atoms with van der Waals surface area (Å²) >= 11 is 0. The summed E-state index contributed by atoms with van der Waals surface area (Å²) in [4.78, 5) is 12.7. The van der Waals surface area contributed by atoms with Gasteiger partial charge in [0.25, 0.3) is 15.6 Å². The molecule has 1 amide bonds. The number of halogens is 7. The quantitative estimate of drug-likeness (QED) is 0.387. The third-order valence-corrected chi connectivity index (χ3v) is 9.80. The van der Waals surface area contributed by atoms with Gasteiger partial charge in [0.2, 0.25) is 5.91 Å². The molecule has 0 aromatic heterocycles. The lowest BCUT2D eigenvalue weighted by molar-refractivity contribution is -0.376. The van der Waals surface area contributed by atoms with Gasteiger partial charge in [-0.2, -0.15) is 26.3 Å². The van der Waals surface area contributed by atoms with Crippen molar-refractivity contribution in [1.82, 2.24) is 5.32 Å². The van der Waals surface area contributed by atoms with Gasteiger partial charge in [-0.1, -0.05) is 25.0 Å². The third-order valence-electron chi connectivity index (χ3n) is 7.92. The Kier molecular flexibility index (Phi) is 8.87. The monoisotopic (exact) mass is 626 g/mol. The molecule has 4 rings (SSSR count). The van der Waals surface area contributed by atoms with Crippen LogP contribution in [0.15, 0.2) is 47.4 Å². The van der Waals surface area contributed by atoms with E-state index in [1.807, 2.05) is 0 Å². The molecule has 7 nitrogen and oxygen atoms in total. The highest BCUT2D eigenvalue weighted by Crippen LogP contribution is 2.51. The summed E-state index contributed by atoms with van der Waals surface area (Å²) in [5.41, 5.74) is -7.25. The van der Waals surface area contributed by atoms with E-state index in [1.165, 1.54) is 0 Å². The number of aliphatic hydroxyl groups is 2. The Balaban J connectivity index is 1.75. The van der Waals surface area contributed by atoms with Crippen molar-refractivity contribution >= 4 is 21.6 Å². The lowest BCUT2D eigenvalue weighted by atomic mass is 9.84. The van der Waals surface area contributed by atoms with Crippen molar-refractivity contribution in [3.63, 3.8) is 0 Å². The predicted molar refractivity (Wildman–Crippen MR) is 136 cm³/mol. The van der Waals surface area contributed by atoms with E-state index < -0.39 is 62.6 Å². The molecule has 2 aromatic carbocycles. The van der Waals surface area contributed by atoms with E-state index in [9.17, 15) is 54.2 Å². The summed E-state index contributed by atoms with van der Waals surface area (Å²) in [5.74, 6) is -1.49. The minimum absolute atomic E-state index is 0.155. The molecule has 232 valence electrons. The number of hydrogen-bond acceptors (Lipinski definition) is 5. The fourth-order valence-corrected chi connectivity index (χ4v) is 7.39. The molecule has 1 aliphatic carbocycles. The molecule has 42 heavy (non-hydrogen) atoms. The number of alkyl halides is 6. The SMILES string of the molecule is O=C(C[C@@H]1CCc2cc(C(O)(C(F)(F)F)C(F)(F)F)ccc2N1S(=O)(=O)c1ccc(F)cc1)N[C@@H]1CCCC[C@@H]1CO. The number of aryl methyl sites for hydroxylation is 1. The predicted octanol–water partition coefficient (Wildman–Crippen LogP) is 4.71. The summed E-state index contributed by atoms with van der Waals surface area (Å²) in [6.45, 7) is -0.155. The van der Waals surface area contributed by atoms with Crippen LogP contribution in [0.5, 0.6) is 0 Å². The number of sulfonamides is 1. The number of aliphatic hydroxyl groups excluding tert-OH is 1. The zero-order chi connectivity index (χ0) is 31.1. The van der Waals surface area contributed by atoms with E-state index in [0.29, 0.717) is 25.0 Å². The van der Waals surface area contributed by atoms with Crippen molar-refractivity contribution in [1.29, 1.82) is 0 Å². The van der Waals surface area contributed by atoms with Crippen LogP contribution in [0.2, 0.25) is 0 Å². The second kappa shape index (κ2) is 11.6. The average Bonchev–Trinajstić information content (AvgIpc) is 2.91. The first kappa shape index (κ1) is 32.0. The molecule has 0 spiro atoms. The number of fused-ring (bicyclic) bond motifs is 1. The van der Waals surface area contributed by atoms with Crippen molar-refractivity contribution in [2.24, 2.45) is 5.92 Å². The van der Waals surface area contributed by atoms with Crippen LogP contribution in [0, 0.1) is 11.7 Å². The highest BCUT2D eigenvalue weighted by Gasteiger charge is 2.71. The number of anilines is 1. The largest absolute Gasteiger partial charge is 0.430 e. The highest BCUT2D eigenvalue weighted by molar-refractivity contribution is 7.92. The molecule has 0 radical (unpaired) electrons. The first-order valence-electron chi connectivity index (χ1n) is 13.2. The van der Waals surface area contributed by atoms with E-state index in [2.05, 4.69) is 5.32 Å². The topological polar surface area (TPSA) is 107 Å². The van der Waals surface area contributed by atoms with Crippen molar-refractivity contribution in [3.05, 3.63) is 59.4 Å². The molecule has 2 aliphatic rings. The Morgan fingerprint density at radius 1 is 0.952 bits per heavy atom. The number of benzene rings is 2. The molecular formula is C27H29F7N2O5S. The van der Waals surface area contributed by atoms with E-state index >= 15 is 0 Å². The van der Waals surface area contributed by atoms with Crippen LogP contribution in [0.25, 0.3) is 0 Å². The number of carbonyl (C=O) groups excluding carboxylic acids is 1. The molecule has 1 heterocycles. The summed E-state index contributed by atoms with van der Waals surface area (Å²) < 4.78 is 123. The van der Waals surface area contributed by atoms with Crippen LogP contribution in [0.4, 0.5) is 36.4 Å². The maximum atomic E-state index is 13.8. The summed E-state index contributed by atoms with van der Waals surface area (Å²) in [7, 11) is -4.60. The molecule has 0 saturated heterocycles. The zero-order valence-electron chi connectivity index (χ0n) is 22.1. The number of carbonyl (C=O) groups is 1. The average molecular weight is 627 g/mol. The van der Waals surface area contributed by atoms with Crippen LogP contribution < -0.4 is 9.62 Å². The maximum absolute atomic E-state index is 13.8. The molecule has 0 unspecified atom stereocenters. The van der Waals surface area contributed by atoms with Gasteiger partial charge in [-0.3, -0.25) is 9.10 Å². The molecule has 0 bridgehead atoms. The molecule has 3 atom stereocenters. The number of hydrogen-bond donors (Lipinski definition) is 3. The lowest BCUT2D eigenvalue weighted by Gasteiger charge is -2.39. The highest BCUT2D eigenvalue weighted by atomic mass is 32.2. The molecular weight excluding hydrogens is 597 g/mol. The van der Waals surface area contributed by atoms with E-state index in [-0.39, 0.29) is 42.7 Å². The Bertz CT molecular complexity index is 1380. The van der Waals surface area contributed by atoms with Crippen LogP contribution >= 0.6 is 0 Å². The van der Waals surface area contributed by atoms with Crippen molar-refractivity contribution in [2.75, 3.05) is 10.9 Å². The van der Waals surface area contributed by atoms with Gasteiger partial charge in [0, 0.05) is 30.6 Å². The Morgan fingerprint density at radius 2 is 1.57 bits per heavy atom. The Morgan fingerprint density at radius 3 is 2.17 bits per heavy atom. The van der Waals surface area contributed by atoms with E-state index in [0.717, 1.165) is 47.5 Å². The van der Waals surface area contributed by atoms with Crippen molar-refractivity contribution in [2.45, 2.75) is 79.9 Å². The van der Waals surface area contributed by atoms with Gasteiger partial charge in [-0.05, 0) is 61.6 Å². The fourth-order valence-electron chi connectivity index (χ4n) is 5.68. The minimum atomic E-state index is -6.14. The van der Waals surface area contributed by atoms with Crippen LogP contribution in [0.1, 0.15) is 49.7 Å². The standard InChI is InChI=1S/C27H29F7N2O5S/c28-19-7-10-21(11-8-19)42(40,41)36-20(14-24(38)35-22-4-2-1-3-17(22)15-37)9-5-16-13-18(6-12-23(16)36)25(39,26(29,30)31)27(32,33)34/h6-8,10-13,17,20,22,37,39H,1-5,9,14-15H2,(H,35,38)/t17-,20+,22-/m1/s1. The van der Waals surface area contributed by atoms with Crippen molar-refractivity contribution in [3.8, 4) is 0 Å². The molecule has 15 heteroatoms. The molecule has 1 fully saturated rings.